The molecule has 0 aliphatic heterocycles. The molecule has 3 rings (SSSR count). The number of nitrogens with zero attached hydrogens (tertiary/aromatic N) is 1. The number of carbonyl (C=O) groups is 2. The normalized spacial score (nSPS) is 10.6. The number of benzene rings is 3. The van der Waals surface area contributed by atoms with E-state index in [1.165, 1.54) is 17.1 Å². The molecule has 0 heterocycles. The minimum absolute atomic E-state index is 0.222. The van der Waals surface area contributed by atoms with Crippen molar-refractivity contribution in [1.82, 2.24) is 10.9 Å². The molecule has 0 radical (unpaired) electrons. The van der Waals surface area contributed by atoms with Crippen LogP contribution >= 0.6 is 11.8 Å². The van der Waals surface area contributed by atoms with Crippen LogP contribution in [0, 0.1) is 0 Å². The van der Waals surface area contributed by atoms with Crippen LogP contribution in [0.4, 0.5) is 5.69 Å². The van der Waals surface area contributed by atoms with Crippen molar-refractivity contribution in [2.75, 3.05) is 23.7 Å². The predicted molar refractivity (Wildman–Crippen MR) is 120 cm³/mol. The fourth-order valence-corrected chi connectivity index (χ4v) is 3.80. The Kier molecular flexibility index (Phi) is 7.14. The summed E-state index contributed by atoms with van der Waals surface area (Å²) >= 11 is 1.43. The molecule has 3 aromatic rings. The van der Waals surface area contributed by atoms with Crippen LogP contribution in [0.1, 0.15) is 24.2 Å². The maximum Gasteiger partial charge on any atom is 0.269 e. The molecule has 0 bridgehead atoms. The number of hydrogen-bond donors (Lipinski definition) is 2. The van der Waals surface area contributed by atoms with Gasteiger partial charge in [0.2, 0.25) is 5.91 Å². The first-order valence-corrected chi connectivity index (χ1v) is 10.6. The highest BCUT2D eigenvalue weighted by atomic mass is 32.2. The van der Waals surface area contributed by atoms with Crippen molar-refractivity contribution in [2.24, 2.45) is 0 Å². The number of nitrogens with one attached hydrogen (secondary N) is 2. The molecule has 0 aliphatic rings. The van der Waals surface area contributed by atoms with Gasteiger partial charge in [0.25, 0.3) is 5.91 Å². The van der Waals surface area contributed by atoms with Crippen molar-refractivity contribution < 1.29 is 9.59 Å². The van der Waals surface area contributed by atoms with Gasteiger partial charge in [-0.15, -0.1) is 11.8 Å². The summed E-state index contributed by atoms with van der Waals surface area (Å²) in [5.74, 6) is -0.365. The number of fused-ring (bicyclic) bond motifs is 1. The van der Waals surface area contributed by atoms with E-state index in [1.54, 1.807) is 12.1 Å². The van der Waals surface area contributed by atoms with E-state index in [1.807, 2.05) is 42.5 Å². The van der Waals surface area contributed by atoms with E-state index in [2.05, 4.69) is 41.7 Å². The zero-order valence-electron chi connectivity index (χ0n) is 16.6. The van der Waals surface area contributed by atoms with Gasteiger partial charge in [0.1, 0.15) is 0 Å². The predicted octanol–water partition coefficient (Wildman–Crippen LogP) is 4.24. The summed E-state index contributed by atoms with van der Waals surface area (Å²) in [5, 5.41) is 2.31. The molecule has 150 valence electrons. The first kappa shape index (κ1) is 20.7. The second kappa shape index (κ2) is 9.98. The molecule has 0 unspecified atom stereocenters. The van der Waals surface area contributed by atoms with Crippen LogP contribution in [0.25, 0.3) is 10.8 Å². The molecule has 29 heavy (non-hydrogen) atoms. The number of amides is 2. The van der Waals surface area contributed by atoms with Gasteiger partial charge in [0, 0.05) is 29.2 Å². The number of anilines is 1. The SMILES string of the molecule is CCN(CC)c1ccc(C(=O)NNC(=O)CSc2ccc3ccccc3c2)cc1. The topological polar surface area (TPSA) is 61.4 Å². The summed E-state index contributed by atoms with van der Waals surface area (Å²) in [5.41, 5.74) is 6.53. The fourth-order valence-electron chi connectivity index (χ4n) is 3.05. The van der Waals surface area contributed by atoms with Crippen LogP contribution in [-0.4, -0.2) is 30.7 Å². The molecule has 0 aromatic heterocycles. The smallest absolute Gasteiger partial charge is 0.269 e. The Hall–Kier alpha value is -2.99. The lowest BCUT2D eigenvalue weighted by Gasteiger charge is -2.21. The molecule has 0 spiro atoms. The Bertz CT molecular complexity index is 985. The summed E-state index contributed by atoms with van der Waals surface area (Å²) in [6.07, 6.45) is 0. The maximum atomic E-state index is 12.2. The van der Waals surface area contributed by atoms with E-state index in [0.717, 1.165) is 29.1 Å². The van der Waals surface area contributed by atoms with Gasteiger partial charge in [-0.05, 0) is 61.0 Å². The van der Waals surface area contributed by atoms with E-state index in [0.29, 0.717) is 5.56 Å². The van der Waals surface area contributed by atoms with Crippen molar-refractivity contribution in [3.63, 3.8) is 0 Å². The number of hydrazine groups is 1. The number of thioether (sulfide) groups is 1. The number of hydrogen-bond acceptors (Lipinski definition) is 4. The quantitative estimate of drug-likeness (QED) is 0.454. The molecule has 3 aromatic carbocycles. The molecule has 0 aliphatic carbocycles. The van der Waals surface area contributed by atoms with E-state index < -0.39 is 0 Å². The highest BCUT2D eigenvalue weighted by molar-refractivity contribution is 8.00. The lowest BCUT2D eigenvalue weighted by atomic mass is 10.1. The largest absolute Gasteiger partial charge is 0.372 e. The number of carbonyl (C=O) groups excluding carboxylic acids is 2. The Morgan fingerprint density at radius 2 is 1.55 bits per heavy atom. The lowest BCUT2D eigenvalue weighted by Crippen LogP contribution is -2.42. The third kappa shape index (κ3) is 5.51. The molecule has 6 heteroatoms. The second-order valence-corrected chi connectivity index (χ2v) is 7.57. The zero-order chi connectivity index (χ0) is 20.6. The lowest BCUT2D eigenvalue weighted by molar-refractivity contribution is -0.119. The minimum Gasteiger partial charge on any atom is -0.372 e. The Labute approximate surface area is 175 Å². The van der Waals surface area contributed by atoms with Crippen LogP contribution in [0.2, 0.25) is 0 Å². The van der Waals surface area contributed by atoms with E-state index in [4.69, 9.17) is 0 Å². The van der Waals surface area contributed by atoms with Gasteiger partial charge in [-0.3, -0.25) is 20.4 Å². The van der Waals surface area contributed by atoms with Crippen molar-refractivity contribution in [3.05, 3.63) is 72.3 Å². The Morgan fingerprint density at radius 1 is 0.862 bits per heavy atom. The Balaban J connectivity index is 1.48. The molecular formula is C23H25N3O2S. The molecule has 5 nitrogen and oxygen atoms in total. The van der Waals surface area contributed by atoms with Crippen LogP contribution in [0.5, 0.6) is 0 Å². The first-order valence-electron chi connectivity index (χ1n) is 9.66. The highest BCUT2D eigenvalue weighted by Crippen LogP contribution is 2.23. The van der Waals surface area contributed by atoms with Gasteiger partial charge >= 0.3 is 0 Å². The van der Waals surface area contributed by atoms with Crippen LogP contribution in [0.3, 0.4) is 0 Å². The molecule has 0 fully saturated rings. The van der Waals surface area contributed by atoms with Crippen molar-refractivity contribution >= 4 is 40.0 Å². The van der Waals surface area contributed by atoms with Gasteiger partial charge in [-0.1, -0.05) is 30.3 Å². The van der Waals surface area contributed by atoms with Crippen LogP contribution in [-0.2, 0) is 4.79 Å². The maximum absolute atomic E-state index is 12.2. The Morgan fingerprint density at radius 3 is 2.24 bits per heavy atom. The zero-order valence-corrected chi connectivity index (χ0v) is 17.5. The van der Waals surface area contributed by atoms with Gasteiger partial charge in [-0.2, -0.15) is 0 Å². The van der Waals surface area contributed by atoms with Gasteiger partial charge in [0.05, 0.1) is 5.75 Å². The monoisotopic (exact) mass is 407 g/mol. The van der Waals surface area contributed by atoms with Crippen LogP contribution < -0.4 is 15.8 Å². The summed E-state index contributed by atoms with van der Waals surface area (Å²) in [6.45, 7) is 6.01. The molecule has 2 N–H and O–H groups in total. The van der Waals surface area contributed by atoms with Crippen molar-refractivity contribution in [1.29, 1.82) is 0 Å². The highest BCUT2D eigenvalue weighted by Gasteiger charge is 2.09. The first-order chi connectivity index (χ1) is 14.1. The van der Waals surface area contributed by atoms with E-state index in [-0.39, 0.29) is 17.6 Å². The summed E-state index contributed by atoms with van der Waals surface area (Å²) in [7, 11) is 0. The third-order valence-corrected chi connectivity index (χ3v) is 5.66. The summed E-state index contributed by atoms with van der Waals surface area (Å²) in [4.78, 5) is 27.5. The van der Waals surface area contributed by atoms with E-state index in [9.17, 15) is 9.59 Å². The molecule has 0 saturated carbocycles. The van der Waals surface area contributed by atoms with Gasteiger partial charge in [-0.25, -0.2) is 0 Å². The third-order valence-electron chi connectivity index (χ3n) is 4.66. The summed E-state index contributed by atoms with van der Waals surface area (Å²) in [6, 6.07) is 21.6. The molecule has 2 amide bonds. The van der Waals surface area contributed by atoms with Gasteiger partial charge < -0.3 is 4.90 Å². The van der Waals surface area contributed by atoms with Crippen LogP contribution in [0.15, 0.2) is 71.6 Å². The van der Waals surface area contributed by atoms with E-state index >= 15 is 0 Å². The second-order valence-electron chi connectivity index (χ2n) is 6.52. The summed E-state index contributed by atoms with van der Waals surface area (Å²) < 4.78 is 0. The van der Waals surface area contributed by atoms with Crippen molar-refractivity contribution in [2.45, 2.75) is 18.7 Å². The molecule has 0 atom stereocenters. The average molecular weight is 408 g/mol. The fraction of sp³-hybridized carbons (Fsp3) is 0.217. The molecule has 0 saturated heterocycles. The number of rotatable bonds is 7. The molecular weight excluding hydrogens is 382 g/mol. The minimum atomic E-state index is -0.333. The van der Waals surface area contributed by atoms with Crippen molar-refractivity contribution in [3.8, 4) is 0 Å². The average Bonchev–Trinajstić information content (AvgIpc) is 2.77. The standard InChI is InChI=1S/C23H25N3O2S/c1-3-26(4-2)20-12-9-18(10-13-20)23(28)25-24-22(27)16-29-21-14-11-17-7-5-6-8-19(17)15-21/h5-15H,3-4,16H2,1-2H3,(H,24,27)(H,25,28). The van der Waals surface area contributed by atoms with Gasteiger partial charge in [0.15, 0.2) is 0 Å².